The Balaban J connectivity index is 1.89. The summed E-state index contributed by atoms with van der Waals surface area (Å²) >= 11 is 6.70. The van der Waals surface area contributed by atoms with Gasteiger partial charge in [0.2, 0.25) is 5.91 Å². The van der Waals surface area contributed by atoms with Crippen LogP contribution in [0.5, 0.6) is 0 Å². The highest BCUT2D eigenvalue weighted by molar-refractivity contribution is 8.00. The summed E-state index contributed by atoms with van der Waals surface area (Å²) in [6.07, 6.45) is -4.00. The predicted octanol–water partition coefficient (Wildman–Crippen LogP) is 5.60. The highest BCUT2D eigenvalue weighted by atomic mass is 35.5. The van der Waals surface area contributed by atoms with Crippen molar-refractivity contribution < 1.29 is 18.0 Å². The van der Waals surface area contributed by atoms with Gasteiger partial charge in [-0.3, -0.25) is 14.2 Å². The first-order valence-corrected chi connectivity index (χ1v) is 10.7. The van der Waals surface area contributed by atoms with Crippen LogP contribution in [0.2, 0.25) is 5.02 Å². The van der Waals surface area contributed by atoms with Crippen molar-refractivity contribution in [2.45, 2.75) is 43.4 Å². The van der Waals surface area contributed by atoms with Crippen LogP contribution in [-0.4, -0.2) is 20.7 Å². The molecule has 2 aromatic carbocycles. The molecule has 0 aliphatic heterocycles. The Morgan fingerprint density at radius 3 is 2.65 bits per heavy atom. The van der Waals surface area contributed by atoms with Gasteiger partial charge in [-0.2, -0.15) is 13.2 Å². The fourth-order valence-electron chi connectivity index (χ4n) is 2.96. The Kier molecular flexibility index (Phi) is 6.96. The predicted molar refractivity (Wildman–Crippen MR) is 117 cm³/mol. The summed E-state index contributed by atoms with van der Waals surface area (Å²) in [5.41, 5.74) is -1.14. The van der Waals surface area contributed by atoms with Crippen LogP contribution in [0.1, 0.15) is 25.8 Å². The number of nitrogens with one attached hydrogen (secondary N) is 1. The van der Waals surface area contributed by atoms with Crippen molar-refractivity contribution in [1.82, 2.24) is 9.55 Å². The maximum Gasteiger partial charge on any atom is 0.418 e. The van der Waals surface area contributed by atoms with E-state index in [9.17, 15) is 22.8 Å². The second-order valence-electron chi connectivity index (χ2n) is 6.81. The minimum atomic E-state index is -4.68. The summed E-state index contributed by atoms with van der Waals surface area (Å²) in [6, 6.07) is 10.0. The van der Waals surface area contributed by atoms with Crippen molar-refractivity contribution in [3.63, 3.8) is 0 Å². The van der Waals surface area contributed by atoms with Crippen molar-refractivity contribution in [1.29, 1.82) is 0 Å². The Morgan fingerprint density at radius 2 is 1.97 bits per heavy atom. The number of nitrogens with zero attached hydrogens (tertiary/aromatic N) is 2. The third-order valence-corrected chi connectivity index (χ3v) is 5.80. The number of alkyl halides is 3. The number of para-hydroxylation sites is 1. The smallest absolute Gasteiger partial charge is 0.325 e. The topological polar surface area (TPSA) is 64.0 Å². The van der Waals surface area contributed by atoms with E-state index in [2.05, 4.69) is 10.3 Å². The number of thioether (sulfide) groups is 1. The van der Waals surface area contributed by atoms with Crippen LogP contribution in [0.15, 0.2) is 52.4 Å². The van der Waals surface area contributed by atoms with E-state index in [-0.39, 0.29) is 16.3 Å². The molecule has 1 heterocycles. The van der Waals surface area contributed by atoms with Crippen LogP contribution >= 0.6 is 23.4 Å². The molecule has 1 atom stereocenters. The zero-order valence-corrected chi connectivity index (χ0v) is 18.2. The number of anilines is 1. The molecule has 1 unspecified atom stereocenters. The first-order valence-electron chi connectivity index (χ1n) is 9.45. The van der Waals surface area contributed by atoms with Gasteiger partial charge in [-0.15, -0.1) is 0 Å². The first-order chi connectivity index (χ1) is 14.6. The molecule has 0 fully saturated rings. The van der Waals surface area contributed by atoms with E-state index in [1.54, 1.807) is 31.2 Å². The maximum absolute atomic E-state index is 13.3. The molecule has 3 rings (SSSR count). The van der Waals surface area contributed by atoms with Crippen LogP contribution in [0, 0.1) is 0 Å². The number of hydrogen-bond donors (Lipinski definition) is 1. The monoisotopic (exact) mass is 469 g/mol. The Bertz CT molecular complexity index is 1180. The number of carbonyl (C=O) groups is 1. The Morgan fingerprint density at radius 1 is 1.26 bits per heavy atom. The highest BCUT2D eigenvalue weighted by Gasteiger charge is 2.34. The first kappa shape index (κ1) is 23.1. The second-order valence-corrected chi connectivity index (χ2v) is 8.55. The number of aromatic nitrogens is 2. The number of benzene rings is 2. The van der Waals surface area contributed by atoms with E-state index in [4.69, 9.17) is 11.6 Å². The van der Waals surface area contributed by atoms with Crippen molar-refractivity contribution in [2.24, 2.45) is 0 Å². The number of fused-ring (bicyclic) bond motifs is 1. The molecule has 31 heavy (non-hydrogen) atoms. The molecule has 0 saturated carbocycles. The number of rotatable bonds is 6. The van der Waals surface area contributed by atoms with Gasteiger partial charge in [-0.05, 0) is 43.7 Å². The quantitative estimate of drug-likeness (QED) is 0.377. The summed E-state index contributed by atoms with van der Waals surface area (Å²) < 4.78 is 41.4. The van der Waals surface area contributed by atoms with Gasteiger partial charge in [0, 0.05) is 11.6 Å². The van der Waals surface area contributed by atoms with Gasteiger partial charge < -0.3 is 5.32 Å². The molecule has 1 N–H and O–H groups in total. The fourth-order valence-corrected chi connectivity index (χ4v) is 4.07. The van der Waals surface area contributed by atoms with E-state index in [0.29, 0.717) is 29.0 Å². The molecule has 0 aliphatic rings. The average Bonchev–Trinajstić information content (AvgIpc) is 2.71. The van der Waals surface area contributed by atoms with E-state index in [1.807, 2.05) is 6.92 Å². The second kappa shape index (κ2) is 9.32. The van der Waals surface area contributed by atoms with E-state index < -0.39 is 22.9 Å². The lowest BCUT2D eigenvalue weighted by Crippen LogP contribution is -2.27. The van der Waals surface area contributed by atoms with E-state index in [0.717, 1.165) is 23.9 Å². The van der Waals surface area contributed by atoms with E-state index >= 15 is 0 Å². The lowest BCUT2D eigenvalue weighted by Gasteiger charge is -2.18. The Labute approximate surface area is 185 Å². The average molecular weight is 470 g/mol. The molecular formula is C21H19ClF3N3O2S. The molecule has 0 bridgehead atoms. The standard InChI is InChI=1S/C21H19ClF3N3O2S/c1-3-10-28-19(30)14-6-4-5-7-16(14)27-20(28)31-12(2)18(29)26-17-9-8-13(22)11-15(17)21(23,24)25/h4-9,11-12H,3,10H2,1-2H3,(H,26,29). The number of hydrogen-bond acceptors (Lipinski definition) is 4. The van der Waals surface area contributed by atoms with Gasteiger partial charge in [0.25, 0.3) is 5.56 Å². The minimum Gasteiger partial charge on any atom is -0.325 e. The third-order valence-electron chi connectivity index (χ3n) is 4.47. The molecule has 10 heteroatoms. The molecule has 164 valence electrons. The van der Waals surface area contributed by atoms with Crippen molar-refractivity contribution in [3.05, 3.63) is 63.4 Å². The summed E-state index contributed by atoms with van der Waals surface area (Å²) in [6.45, 7) is 3.86. The number of halogens is 4. The fraction of sp³-hybridized carbons (Fsp3) is 0.286. The van der Waals surface area contributed by atoms with Crippen molar-refractivity contribution in [2.75, 3.05) is 5.32 Å². The SMILES string of the molecule is CCCn1c(SC(C)C(=O)Nc2ccc(Cl)cc2C(F)(F)F)nc2ccccc2c1=O. The van der Waals surface area contributed by atoms with Crippen LogP contribution in [0.4, 0.5) is 18.9 Å². The van der Waals surface area contributed by atoms with Crippen molar-refractivity contribution in [3.8, 4) is 0 Å². The molecule has 5 nitrogen and oxygen atoms in total. The number of carbonyl (C=O) groups excluding carboxylic acids is 1. The van der Waals surface area contributed by atoms with Crippen LogP contribution in [0.3, 0.4) is 0 Å². The molecule has 1 amide bonds. The maximum atomic E-state index is 13.3. The van der Waals surface area contributed by atoms with Crippen LogP contribution < -0.4 is 10.9 Å². The summed E-state index contributed by atoms with van der Waals surface area (Å²) in [4.78, 5) is 30.0. The molecule has 3 aromatic rings. The summed E-state index contributed by atoms with van der Waals surface area (Å²) in [5, 5.41) is 2.22. The summed E-state index contributed by atoms with van der Waals surface area (Å²) in [7, 11) is 0. The van der Waals surface area contributed by atoms with Crippen LogP contribution in [0.25, 0.3) is 10.9 Å². The zero-order valence-electron chi connectivity index (χ0n) is 16.7. The molecule has 0 aliphatic carbocycles. The van der Waals surface area contributed by atoms with Gasteiger partial charge in [0.05, 0.1) is 27.4 Å². The van der Waals surface area contributed by atoms with Gasteiger partial charge >= 0.3 is 6.18 Å². The normalized spacial score (nSPS) is 12.7. The molecule has 0 radical (unpaired) electrons. The summed E-state index contributed by atoms with van der Waals surface area (Å²) in [5.74, 6) is -0.650. The molecule has 1 aromatic heterocycles. The third kappa shape index (κ3) is 5.22. The molecular weight excluding hydrogens is 451 g/mol. The van der Waals surface area contributed by atoms with E-state index in [1.165, 1.54) is 10.6 Å². The highest BCUT2D eigenvalue weighted by Crippen LogP contribution is 2.37. The zero-order chi connectivity index (χ0) is 22.8. The van der Waals surface area contributed by atoms with Crippen molar-refractivity contribution >= 4 is 45.9 Å². The van der Waals surface area contributed by atoms with Crippen LogP contribution in [-0.2, 0) is 17.5 Å². The largest absolute Gasteiger partial charge is 0.418 e. The lowest BCUT2D eigenvalue weighted by atomic mass is 10.1. The number of amides is 1. The Hall–Kier alpha value is -2.52. The molecule has 0 saturated heterocycles. The lowest BCUT2D eigenvalue weighted by molar-refractivity contribution is -0.137. The van der Waals surface area contributed by atoms with Gasteiger partial charge in [-0.25, -0.2) is 4.98 Å². The van der Waals surface area contributed by atoms with Gasteiger partial charge in [-0.1, -0.05) is 42.4 Å². The van der Waals surface area contributed by atoms with Gasteiger partial charge in [0.1, 0.15) is 0 Å². The minimum absolute atomic E-state index is 0.0864. The van der Waals surface area contributed by atoms with Gasteiger partial charge in [0.15, 0.2) is 5.16 Å². The molecule has 0 spiro atoms.